The van der Waals surface area contributed by atoms with Crippen LogP contribution >= 0.6 is 0 Å². The van der Waals surface area contributed by atoms with Crippen LogP contribution in [0.4, 0.5) is 9.59 Å². The number of Topliss-reactive ketones (excluding diaryl/α,β-unsaturated/α-hetero) is 3. The third-order valence-electron chi connectivity index (χ3n) is 17.9. The number of carbonyl (C=O) groups excluding carboxylic acids is 10. The molecule has 1 saturated heterocycles. The Morgan fingerprint density at radius 1 is 0.778 bits per heavy atom. The summed E-state index contributed by atoms with van der Waals surface area (Å²) >= 11 is 0. The van der Waals surface area contributed by atoms with Gasteiger partial charge in [-0.25, -0.2) is 9.59 Å². The van der Waals surface area contributed by atoms with Crippen LogP contribution in [0.25, 0.3) is 0 Å². The zero-order valence-electron chi connectivity index (χ0n) is 55.2. The quantitative estimate of drug-likeness (QED) is 0.0441. The van der Waals surface area contributed by atoms with Gasteiger partial charge in [0.05, 0.1) is 31.2 Å². The highest BCUT2D eigenvalue weighted by atomic mass is 16.6. The van der Waals surface area contributed by atoms with Crippen LogP contribution in [0, 0.1) is 41.4 Å². The monoisotopic (exact) mass is 1260 g/mol. The fourth-order valence-electron chi connectivity index (χ4n) is 12.2. The standard InChI is InChI=1S/C68H104N8O14/c1-12-46(6)63(59(88-10)40-61(82)75-36-20-25-57(75)55(42-77)47(7)64(83)70-34-32-48-21-15-13-16-22-48)74(9)66(85)54(45(4)5)39-52(79)41-73(8)68(87)90-43-50-28-26-49(27-29-50)37-58(80)56(24-19-33-71-67(69)86)72-65(84)53(44(2)3)38-51(78)23-17-14-18-35-76-60(81)30-31-62(76)89-11/h13,15-16,21-22,26-31,44-47,53-57,59,62-63,77H,12,14,17-20,23-25,32-43H2,1-11H3,(H,70,83)(H,72,84)(H3,69,71,86)/t46-,47+,53-,54-,55+,56-,57-,59+,62?,63-/m0/s1. The number of ketones is 3. The van der Waals surface area contributed by atoms with Gasteiger partial charge in [0.1, 0.15) is 12.4 Å². The molecule has 0 aliphatic carbocycles. The van der Waals surface area contributed by atoms with Crippen molar-refractivity contribution in [1.82, 2.24) is 35.6 Å². The van der Waals surface area contributed by atoms with Crippen molar-refractivity contribution >= 4 is 59.0 Å². The van der Waals surface area contributed by atoms with Crippen molar-refractivity contribution in [2.45, 2.75) is 175 Å². The first-order chi connectivity index (χ1) is 42.8. The number of rotatable bonds is 41. The number of nitrogens with zero attached hydrogens (tertiary/aromatic N) is 4. The number of nitrogens with two attached hydrogens (primary N) is 1. The number of primary amides is 1. The van der Waals surface area contributed by atoms with E-state index in [4.69, 9.17) is 19.9 Å². The van der Waals surface area contributed by atoms with Crippen molar-refractivity contribution in [1.29, 1.82) is 0 Å². The minimum Gasteiger partial charge on any atom is -0.445 e. The number of benzene rings is 2. The minimum absolute atomic E-state index is 0.00316. The van der Waals surface area contributed by atoms with Gasteiger partial charge in [0.25, 0.3) is 0 Å². The number of likely N-dealkylation sites (tertiary alicyclic amines) is 1. The first kappa shape index (κ1) is 75.4. The number of carbonyl (C=O) groups is 10. The van der Waals surface area contributed by atoms with E-state index in [-0.39, 0.29) is 130 Å². The van der Waals surface area contributed by atoms with Crippen LogP contribution in [-0.2, 0) is 72.0 Å². The molecule has 1 unspecified atom stereocenters. The van der Waals surface area contributed by atoms with E-state index in [9.17, 15) is 53.1 Å². The lowest BCUT2D eigenvalue weighted by Gasteiger charge is -2.40. The highest BCUT2D eigenvalue weighted by Gasteiger charge is 2.43. The van der Waals surface area contributed by atoms with Crippen LogP contribution in [-0.4, -0.2) is 182 Å². The Balaban J connectivity index is 1.30. The predicted molar refractivity (Wildman–Crippen MR) is 342 cm³/mol. The van der Waals surface area contributed by atoms with E-state index in [1.807, 2.05) is 71.9 Å². The van der Waals surface area contributed by atoms with Crippen molar-refractivity contribution in [2.24, 2.45) is 47.2 Å². The highest BCUT2D eigenvalue weighted by Crippen LogP contribution is 2.32. The Bertz CT molecular complexity index is 2690. The topological polar surface area (TPSA) is 294 Å². The summed E-state index contributed by atoms with van der Waals surface area (Å²) in [5.41, 5.74) is 7.58. The molecule has 22 heteroatoms. The fourth-order valence-corrected chi connectivity index (χ4v) is 12.2. The van der Waals surface area contributed by atoms with E-state index in [0.717, 1.165) is 10.5 Å². The third-order valence-corrected chi connectivity index (χ3v) is 17.9. The van der Waals surface area contributed by atoms with Crippen LogP contribution < -0.4 is 21.7 Å². The van der Waals surface area contributed by atoms with Gasteiger partial charge in [-0.15, -0.1) is 0 Å². The average Bonchev–Trinajstić information content (AvgIpc) is 1.56. The minimum atomic E-state index is -0.932. The van der Waals surface area contributed by atoms with E-state index in [1.54, 1.807) is 59.0 Å². The largest absolute Gasteiger partial charge is 0.445 e. The molecule has 0 spiro atoms. The summed E-state index contributed by atoms with van der Waals surface area (Å²) in [6, 6.07) is 14.1. The van der Waals surface area contributed by atoms with E-state index in [2.05, 4.69) is 16.0 Å². The van der Waals surface area contributed by atoms with Crippen LogP contribution in [0.2, 0.25) is 0 Å². The molecule has 2 aliphatic heterocycles. The van der Waals surface area contributed by atoms with Gasteiger partial charge in [0, 0.05) is 123 Å². The summed E-state index contributed by atoms with van der Waals surface area (Å²) in [6.07, 6.45) is 6.52. The second-order valence-electron chi connectivity index (χ2n) is 25.1. The molecule has 2 aromatic rings. The Morgan fingerprint density at radius 3 is 2.07 bits per heavy atom. The molecule has 2 heterocycles. The maximum atomic E-state index is 14.6. The van der Waals surface area contributed by atoms with Crippen LogP contribution in [0.5, 0.6) is 0 Å². The molecule has 6 N–H and O–H groups in total. The average molecular weight is 1260 g/mol. The van der Waals surface area contributed by atoms with Crippen molar-refractivity contribution in [2.75, 3.05) is 67.6 Å². The van der Waals surface area contributed by atoms with Crippen LogP contribution in [0.15, 0.2) is 66.7 Å². The molecule has 4 rings (SSSR count). The molecule has 22 nitrogen and oxygen atoms in total. The molecule has 10 atom stereocenters. The van der Waals surface area contributed by atoms with Gasteiger partial charge in [-0.1, -0.05) is 116 Å². The van der Waals surface area contributed by atoms with Crippen molar-refractivity contribution < 1.29 is 67.3 Å². The second kappa shape index (κ2) is 38.6. The van der Waals surface area contributed by atoms with Gasteiger partial charge in [0.2, 0.25) is 29.5 Å². The number of hydrogen-bond acceptors (Lipinski definition) is 14. The Kier molecular flexibility index (Phi) is 32.4. The van der Waals surface area contributed by atoms with Gasteiger partial charge < -0.3 is 60.6 Å². The lowest BCUT2D eigenvalue weighted by atomic mass is 9.85. The number of hydrogen-bond donors (Lipinski definition) is 5. The summed E-state index contributed by atoms with van der Waals surface area (Å²) in [5.74, 6) is -5.04. The third kappa shape index (κ3) is 23.6. The van der Waals surface area contributed by atoms with E-state index in [1.165, 1.54) is 27.3 Å². The molecule has 2 aliphatic rings. The number of aliphatic hydroxyl groups is 1. The number of methoxy groups -OCH3 is 2. The van der Waals surface area contributed by atoms with E-state index < -0.39 is 66.1 Å². The number of amides is 8. The summed E-state index contributed by atoms with van der Waals surface area (Å²) < 4.78 is 17.0. The number of urea groups is 1. The Morgan fingerprint density at radius 2 is 1.44 bits per heavy atom. The van der Waals surface area contributed by atoms with Crippen LogP contribution in [0.3, 0.4) is 0 Å². The lowest BCUT2D eigenvalue weighted by molar-refractivity contribution is -0.148. The molecular weight excluding hydrogens is 1150 g/mol. The summed E-state index contributed by atoms with van der Waals surface area (Å²) in [6.45, 7) is 14.0. The van der Waals surface area contributed by atoms with Gasteiger partial charge >= 0.3 is 12.1 Å². The summed E-state index contributed by atoms with van der Waals surface area (Å²) in [7, 11) is 6.16. The normalized spacial score (nSPS) is 17.4. The molecule has 8 amide bonds. The molecule has 0 radical (unpaired) electrons. The zero-order chi connectivity index (χ0) is 66.6. The Hall–Kier alpha value is -7.04. The molecule has 500 valence electrons. The summed E-state index contributed by atoms with van der Waals surface area (Å²) in [5, 5.41) is 19.1. The molecule has 0 saturated carbocycles. The smallest absolute Gasteiger partial charge is 0.410 e. The number of likely N-dealkylation sites (N-methyl/N-ethyl adjacent to an activating group) is 2. The number of aliphatic hydroxyl groups excluding tert-OH is 1. The highest BCUT2D eigenvalue weighted by molar-refractivity contribution is 5.93. The first-order valence-electron chi connectivity index (χ1n) is 32.2. The maximum Gasteiger partial charge on any atom is 0.410 e. The number of ether oxygens (including phenoxy) is 3. The molecule has 0 bridgehead atoms. The molecule has 90 heavy (non-hydrogen) atoms. The number of nitrogens with one attached hydrogen (secondary N) is 3. The van der Waals surface area contributed by atoms with Crippen LogP contribution in [0.1, 0.15) is 142 Å². The van der Waals surface area contributed by atoms with Crippen molar-refractivity contribution in [3.05, 3.63) is 83.4 Å². The first-order valence-corrected chi connectivity index (χ1v) is 32.2. The predicted octanol–water partition coefficient (Wildman–Crippen LogP) is 6.57. The Labute approximate surface area is 533 Å². The van der Waals surface area contributed by atoms with Gasteiger partial charge in [-0.2, -0.15) is 0 Å². The van der Waals surface area contributed by atoms with Gasteiger partial charge in [0.15, 0.2) is 17.8 Å². The molecule has 0 aromatic heterocycles. The van der Waals surface area contributed by atoms with E-state index in [0.29, 0.717) is 82.1 Å². The maximum absolute atomic E-state index is 14.6. The van der Waals surface area contributed by atoms with Gasteiger partial charge in [-0.3, -0.25) is 38.4 Å². The fraction of sp³-hybridized carbons (Fsp3) is 0.647. The SMILES string of the molecule is CC[C@H](C)[C@@H]([C@@H](CC(=O)N1CCC[C@H]1[C@H](CO)[C@@H](C)C(=O)NCCc1ccccc1)OC)N(C)C(=O)[C@@H](CC(=O)CN(C)C(=O)OCc1ccc(CC(=O)[C@H](CCCNC(N)=O)NC(=O)[C@@H](CC(=O)CCCCCN2C(=O)C=CC2OC)C(C)C)cc1)C(C)C. The molecule has 2 aromatic carbocycles. The molecular formula is C68H104N8O14. The van der Waals surface area contributed by atoms with Gasteiger partial charge in [-0.05, 0) is 85.5 Å². The zero-order valence-corrected chi connectivity index (χ0v) is 55.2. The van der Waals surface area contributed by atoms with Crippen molar-refractivity contribution in [3.63, 3.8) is 0 Å². The van der Waals surface area contributed by atoms with Crippen molar-refractivity contribution in [3.8, 4) is 0 Å². The van der Waals surface area contributed by atoms with E-state index >= 15 is 0 Å². The lowest BCUT2D eigenvalue weighted by Crippen LogP contribution is -2.54. The summed E-state index contributed by atoms with van der Waals surface area (Å²) in [4.78, 5) is 140. The number of unbranched alkanes of at least 4 members (excludes halogenated alkanes) is 2. The second-order valence-corrected chi connectivity index (χ2v) is 25.1. The molecule has 1 fully saturated rings.